The van der Waals surface area contributed by atoms with Gasteiger partial charge in [-0.05, 0) is 23.1 Å². The third-order valence-corrected chi connectivity index (χ3v) is 3.38. The predicted molar refractivity (Wildman–Crippen MR) is 83.8 cm³/mol. The molecular formula is C16H22N4O. The van der Waals surface area contributed by atoms with Crippen LogP contribution in [0.3, 0.4) is 0 Å². The maximum absolute atomic E-state index is 12.3. The lowest BCUT2D eigenvalue weighted by Gasteiger charge is -2.26. The Labute approximate surface area is 125 Å². The van der Waals surface area contributed by atoms with Gasteiger partial charge in [0.25, 0.3) is 0 Å². The van der Waals surface area contributed by atoms with E-state index in [1.165, 1.54) is 0 Å². The Balaban J connectivity index is 2.15. The lowest BCUT2D eigenvalue weighted by atomic mass is 9.87. The van der Waals surface area contributed by atoms with E-state index in [1.54, 1.807) is 6.20 Å². The van der Waals surface area contributed by atoms with Crippen LogP contribution in [0.4, 0.5) is 5.69 Å². The molecule has 2 rings (SSSR count). The van der Waals surface area contributed by atoms with Crippen molar-refractivity contribution in [2.75, 3.05) is 5.32 Å². The van der Waals surface area contributed by atoms with Gasteiger partial charge in [0.1, 0.15) is 0 Å². The van der Waals surface area contributed by atoms with Crippen molar-refractivity contribution in [1.82, 2.24) is 9.78 Å². The topological polar surface area (TPSA) is 72.9 Å². The Morgan fingerprint density at radius 2 is 2.05 bits per heavy atom. The van der Waals surface area contributed by atoms with Crippen molar-refractivity contribution in [3.63, 3.8) is 0 Å². The molecule has 0 unspecified atom stereocenters. The van der Waals surface area contributed by atoms with E-state index in [-0.39, 0.29) is 11.3 Å². The summed E-state index contributed by atoms with van der Waals surface area (Å²) in [4.78, 5) is 12.3. The summed E-state index contributed by atoms with van der Waals surface area (Å²) in [6.45, 7) is 6.46. The molecule has 1 heterocycles. The Bertz CT molecular complexity index is 599. The average Bonchev–Trinajstić information content (AvgIpc) is 2.92. The average molecular weight is 286 g/mol. The molecule has 0 bridgehead atoms. The molecule has 5 heteroatoms. The normalized spacial score (nSPS) is 13.0. The van der Waals surface area contributed by atoms with E-state index in [4.69, 9.17) is 5.73 Å². The van der Waals surface area contributed by atoms with E-state index >= 15 is 0 Å². The molecule has 0 spiro atoms. The van der Waals surface area contributed by atoms with E-state index < -0.39 is 6.04 Å². The third-order valence-electron chi connectivity index (χ3n) is 3.38. The standard InChI is InChI=1S/C16H22N4O/c1-16(2,3)14(17)15(21)19-13-8-5-4-7-12(13)11-20-10-6-9-18-20/h4-10,14H,11,17H2,1-3H3,(H,19,21)/t14-/m0/s1. The molecule has 0 radical (unpaired) electrons. The van der Waals surface area contributed by atoms with Crippen LogP contribution >= 0.6 is 0 Å². The molecule has 112 valence electrons. The van der Waals surface area contributed by atoms with E-state index in [2.05, 4.69) is 10.4 Å². The molecule has 1 amide bonds. The minimum absolute atomic E-state index is 0.171. The quantitative estimate of drug-likeness (QED) is 0.905. The molecule has 3 N–H and O–H groups in total. The fourth-order valence-corrected chi connectivity index (χ4v) is 1.95. The molecule has 0 saturated heterocycles. The number of carbonyl (C=O) groups is 1. The van der Waals surface area contributed by atoms with Crippen LogP contribution in [0.25, 0.3) is 0 Å². The Kier molecular flexibility index (Phi) is 4.43. The zero-order valence-electron chi connectivity index (χ0n) is 12.7. The summed E-state index contributed by atoms with van der Waals surface area (Å²) in [6, 6.07) is 9.00. The van der Waals surface area contributed by atoms with Gasteiger partial charge >= 0.3 is 0 Å². The van der Waals surface area contributed by atoms with Crippen LogP contribution in [0.1, 0.15) is 26.3 Å². The minimum Gasteiger partial charge on any atom is -0.324 e. The number of rotatable bonds is 4. The van der Waals surface area contributed by atoms with Crippen molar-refractivity contribution < 1.29 is 4.79 Å². The van der Waals surface area contributed by atoms with Gasteiger partial charge in [-0.2, -0.15) is 5.10 Å². The number of anilines is 1. The number of aromatic nitrogens is 2. The van der Waals surface area contributed by atoms with E-state index in [0.29, 0.717) is 6.54 Å². The molecule has 0 saturated carbocycles. The lowest BCUT2D eigenvalue weighted by Crippen LogP contribution is -2.45. The van der Waals surface area contributed by atoms with Crippen LogP contribution in [0, 0.1) is 5.41 Å². The van der Waals surface area contributed by atoms with Crippen molar-refractivity contribution in [2.24, 2.45) is 11.1 Å². The highest BCUT2D eigenvalue weighted by Crippen LogP contribution is 2.21. The van der Waals surface area contributed by atoms with E-state index in [9.17, 15) is 4.79 Å². The highest BCUT2D eigenvalue weighted by molar-refractivity contribution is 5.95. The number of carbonyl (C=O) groups excluding carboxylic acids is 1. The third kappa shape index (κ3) is 3.92. The summed E-state index contributed by atoms with van der Waals surface area (Å²) in [7, 11) is 0. The first kappa shape index (κ1) is 15.3. The summed E-state index contributed by atoms with van der Waals surface area (Å²) in [5, 5.41) is 7.11. The number of hydrogen-bond acceptors (Lipinski definition) is 3. The van der Waals surface area contributed by atoms with Gasteiger partial charge < -0.3 is 11.1 Å². The zero-order chi connectivity index (χ0) is 15.5. The fourth-order valence-electron chi connectivity index (χ4n) is 1.95. The molecule has 21 heavy (non-hydrogen) atoms. The summed E-state index contributed by atoms with van der Waals surface area (Å²) < 4.78 is 1.81. The van der Waals surface area contributed by atoms with Gasteiger partial charge in [-0.1, -0.05) is 39.0 Å². The van der Waals surface area contributed by atoms with Crippen LogP contribution in [-0.2, 0) is 11.3 Å². The van der Waals surface area contributed by atoms with E-state index in [1.807, 2.05) is 62.0 Å². The maximum atomic E-state index is 12.3. The number of para-hydroxylation sites is 1. The SMILES string of the molecule is CC(C)(C)[C@@H](N)C(=O)Nc1ccccc1Cn1cccn1. The number of amides is 1. The molecule has 0 aliphatic carbocycles. The van der Waals surface area contributed by atoms with Gasteiger partial charge in [-0.3, -0.25) is 9.48 Å². The second-order valence-corrected chi connectivity index (χ2v) is 6.19. The molecule has 2 aromatic rings. The van der Waals surface area contributed by atoms with Crippen molar-refractivity contribution >= 4 is 11.6 Å². The fraction of sp³-hybridized carbons (Fsp3) is 0.375. The molecule has 1 aromatic heterocycles. The summed E-state index contributed by atoms with van der Waals surface area (Å²) in [5.41, 5.74) is 7.49. The van der Waals surface area contributed by atoms with Gasteiger partial charge in [0, 0.05) is 18.1 Å². The number of benzene rings is 1. The summed E-state index contributed by atoms with van der Waals surface area (Å²) in [6.07, 6.45) is 3.62. The number of hydrogen-bond donors (Lipinski definition) is 2. The number of nitrogens with one attached hydrogen (secondary N) is 1. The molecule has 0 aliphatic heterocycles. The smallest absolute Gasteiger partial charge is 0.241 e. The van der Waals surface area contributed by atoms with Crippen molar-refractivity contribution in [3.8, 4) is 0 Å². The maximum Gasteiger partial charge on any atom is 0.241 e. The number of nitrogens with two attached hydrogens (primary N) is 1. The highest BCUT2D eigenvalue weighted by Gasteiger charge is 2.27. The zero-order valence-corrected chi connectivity index (χ0v) is 12.7. The van der Waals surface area contributed by atoms with Gasteiger partial charge in [-0.25, -0.2) is 0 Å². The molecular weight excluding hydrogens is 264 g/mol. The monoisotopic (exact) mass is 286 g/mol. The van der Waals surface area contributed by atoms with Crippen LogP contribution in [-0.4, -0.2) is 21.7 Å². The molecule has 1 aromatic carbocycles. The highest BCUT2D eigenvalue weighted by atomic mass is 16.2. The largest absolute Gasteiger partial charge is 0.324 e. The van der Waals surface area contributed by atoms with Crippen LogP contribution < -0.4 is 11.1 Å². The number of nitrogens with zero attached hydrogens (tertiary/aromatic N) is 2. The lowest BCUT2D eigenvalue weighted by molar-refractivity contribution is -0.119. The van der Waals surface area contributed by atoms with Crippen LogP contribution in [0.15, 0.2) is 42.7 Å². The van der Waals surface area contributed by atoms with Crippen LogP contribution in [0.2, 0.25) is 0 Å². The molecule has 5 nitrogen and oxygen atoms in total. The predicted octanol–water partition coefficient (Wildman–Crippen LogP) is 2.24. The van der Waals surface area contributed by atoms with Crippen molar-refractivity contribution in [3.05, 3.63) is 48.3 Å². The van der Waals surface area contributed by atoms with Crippen molar-refractivity contribution in [2.45, 2.75) is 33.4 Å². The second-order valence-electron chi connectivity index (χ2n) is 6.19. The van der Waals surface area contributed by atoms with Gasteiger partial charge in [0.2, 0.25) is 5.91 Å². The van der Waals surface area contributed by atoms with Gasteiger partial charge in [-0.15, -0.1) is 0 Å². The summed E-state index contributed by atoms with van der Waals surface area (Å²) in [5.74, 6) is -0.171. The molecule has 0 fully saturated rings. The van der Waals surface area contributed by atoms with E-state index in [0.717, 1.165) is 11.3 Å². The minimum atomic E-state index is -0.560. The second kappa shape index (κ2) is 6.10. The van der Waals surface area contributed by atoms with Gasteiger partial charge in [0.15, 0.2) is 0 Å². The Morgan fingerprint density at radius 3 is 2.67 bits per heavy atom. The summed E-state index contributed by atoms with van der Waals surface area (Å²) >= 11 is 0. The van der Waals surface area contributed by atoms with Gasteiger partial charge in [0.05, 0.1) is 12.6 Å². The molecule has 0 aliphatic rings. The van der Waals surface area contributed by atoms with Crippen LogP contribution in [0.5, 0.6) is 0 Å². The first-order valence-corrected chi connectivity index (χ1v) is 7.00. The Hall–Kier alpha value is -2.14. The van der Waals surface area contributed by atoms with Crippen molar-refractivity contribution in [1.29, 1.82) is 0 Å². The Morgan fingerprint density at radius 1 is 1.33 bits per heavy atom. The first-order chi connectivity index (χ1) is 9.88. The molecule has 1 atom stereocenters. The first-order valence-electron chi connectivity index (χ1n) is 7.00.